The molecule has 5 nitrogen and oxygen atoms in total. The summed E-state index contributed by atoms with van der Waals surface area (Å²) in [6.07, 6.45) is 2.42. The molecule has 0 aromatic carbocycles. The highest BCUT2D eigenvalue weighted by molar-refractivity contribution is 5.48. The summed E-state index contributed by atoms with van der Waals surface area (Å²) in [6, 6.07) is 3.67. The molecule has 18 heavy (non-hydrogen) atoms. The summed E-state index contributed by atoms with van der Waals surface area (Å²) in [5.41, 5.74) is 0.431. The molecule has 1 atom stereocenters. The summed E-state index contributed by atoms with van der Waals surface area (Å²) in [7, 11) is 1.51. The van der Waals surface area contributed by atoms with Crippen LogP contribution in [-0.4, -0.2) is 31.3 Å². The minimum absolute atomic E-state index is 0.0142. The molecule has 1 unspecified atom stereocenters. The summed E-state index contributed by atoms with van der Waals surface area (Å²) < 4.78 is 11.0. The first-order valence-corrected chi connectivity index (χ1v) is 6.07. The van der Waals surface area contributed by atoms with Gasteiger partial charge in [-0.25, -0.2) is 4.98 Å². The van der Waals surface area contributed by atoms with Gasteiger partial charge < -0.3 is 14.8 Å². The lowest BCUT2D eigenvalue weighted by Gasteiger charge is -2.18. The highest BCUT2D eigenvalue weighted by Gasteiger charge is 2.15. The molecule has 0 saturated heterocycles. The highest BCUT2D eigenvalue weighted by Crippen LogP contribution is 2.28. The molecule has 0 bridgehead atoms. The summed E-state index contributed by atoms with van der Waals surface area (Å²) in [5, 5.41) is 12.2. The second kappa shape index (κ2) is 7.51. The molecule has 98 valence electrons. The molecule has 1 aromatic heterocycles. The van der Waals surface area contributed by atoms with Crippen molar-refractivity contribution in [2.75, 3.05) is 20.2 Å². The maximum Gasteiger partial charge on any atom is 0.258 e. The summed E-state index contributed by atoms with van der Waals surface area (Å²) in [4.78, 5) is 4.13. The second-order valence-electron chi connectivity index (χ2n) is 3.76. The van der Waals surface area contributed by atoms with E-state index >= 15 is 0 Å². The highest BCUT2D eigenvalue weighted by atomic mass is 16.5. The Hall–Kier alpha value is -1.80. The lowest BCUT2D eigenvalue weighted by Crippen LogP contribution is -2.31. The number of methoxy groups -OCH3 is 1. The maximum absolute atomic E-state index is 8.98. The van der Waals surface area contributed by atoms with Crippen LogP contribution in [0.2, 0.25) is 0 Å². The molecule has 0 radical (unpaired) electrons. The molecule has 0 aliphatic rings. The normalized spacial score (nSPS) is 11.7. The van der Waals surface area contributed by atoms with Gasteiger partial charge in [0, 0.05) is 12.7 Å². The largest absolute Gasteiger partial charge is 0.490 e. The monoisotopic (exact) mass is 249 g/mol. The van der Waals surface area contributed by atoms with Gasteiger partial charge in [0.15, 0.2) is 5.75 Å². The van der Waals surface area contributed by atoms with Gasteiger partial charge in [-0.3, -0.25) is 0 Å². The Morgan fingerprint density at radius 1 is 1.50 bits per heavy atom. The Morgan fingerprint density at radius 2 is 2.28 bits per heavy atom. The van der Waals surface area contributed by atoms with Gasteiger partial charge in [-0.05, 0) is 19.0 Å². The number of nitriles is 1. The lowest BCUT2D eigenvalue weighted by molar-refractivity contribution is 0.178. The maximum atomic E-state index is 8.98. The summed E-state index contributed by atoms with van der Waals surface area (Å²) >= 11 is 0. The van der Waals surface area contributed by atoms with Crippen LogP contribution in [0.3, 0.4) is 0 Å². The molecule has 1 aromatic rings. The fourth-order valence-corrected chi connectivity index (χ4v) is 1.53. The third kappa shape index (κ3) is 3.60. The van der Waals surface area contributed by atoms with Crippen LogP contribution >= 0.6 is 0 Å². The van der Waals surface area contributed by atoms with Gasteiger partial charge in [0.25, 0.3) is 5.88 Å². The van der Waals surface area contributed by atoms with E-state index in [4.69, 9.17) is 14.7 Å². The van der Waals surface area contributed by atoms with Gasteiger partial charge in [0.1, 0.15) is 17.7 Å². The van der Waals surface area contributed by atoms with Crippen molar-refractivity contribution >= 4 is 0 Å². The van der Waals surface area contributed by atoms with Crippen LogP contribution in [0.4, 0.5) is 0 Å². The van der Waals surface area contributed by atoms with Crippen molar-refractivity contribution in [2.45, 2.75) is 26.4 Å². The van der Waals surface area contributed by atoms with Crippen molar-refractivity contribution in [2.24, 2.45) is 0 Å². The third-order valence-corrected chi connectivity index (χ3v) is 2.55. The summed E-state index contributed by atoms with van der Waals surface area (Å²) in [5.74, 6) is 0.774. The fraction of sp³-hybridized carbons (Fsp3) is 0.538. The predicted octanol–water partition coefficient (Wildman–Crippen LogP) is 1.73. The molecule has 0 fully saturated rings. The Labute approximate surface area is 108 Å². The van der Waals surface area contributed by atoms with Crippen LogP contribution in [0, 0.1) is 11.3 Å². The molecule has 0 aliphatic heterocycles. The minimum Gasteiger partial charge on any atom is -0.490 e. The van der Waals surface area contributed by atoms with Crippen LogP contribution in [0.5, 0.6) is 11.6 Å². The lowest BCUT2D eigenvalue weighted by atomic mass is 10.2. The standard InChI is InChI=1S/C13H19N3O2/c1-4-11(9-15-5-2)18-13-12(17-3)10(8-14)6-7-16-13/h6-7,11,15H,4-5,9H2,1-3H3. The Kier molecular flexibility index (Phi) is 5.95. The average molecular weight is 249 g/mol. The number of nitrogens with zero attached hydrogens (tertiary/aromatic N) is 2. The van der Waals surface area contributed by atoms with E-state index in [1.165, 1.54) is 7.11 Å². The zero-order chi connectivity index (χ0) is 13.4. The molecule has 1 rings (SSSR count). The van der Waals surface area contributed by atoms with E-state index in [0.29, 0.717) is 17.2 Å². The van der Waals surface area contributed by atoms with Crippen LogP contribution in [0.15, 0.2) is 12.3 Å². The van der Waals surface area contributed by atoms with Crippen molar-refractivity contribution in [3.63, 3.8) is 0 Å². The van der Waals surface area contributed by atoms with Crippen LogP contribution in [0.25, 0.3) is 0 Å². The molecule has 0 spiro atoms. The van der Waals surface area contributed by atoms with Gasteiger partial charge in [-0.2, -0.15) is 5.26 Å². The number of hydrogen-bond donors (Lipinski definition) is 1. The topological polar surface area (TPSA) is 67.2 Å². The van der Waals surface area contributed by atoms with Crippen molar-refractivity contribution < 1.29 is 9.47 Å². The molecular weight excluding hydrogens is 230 g/mol. The first-order valence-electron chi connectivity index (χ1n) is 6.07. The second-order valence-corrected chi connectivity index (χ2v) is 3.76. The first-order chi connectivity index (χ1) is 8.76. The average Bonchev–Trinajstić information content (AvgIpc) is 2.42. The van der Waals surface area contributed by atoms with E-state index in [-0.39, 0.29) is 6.10 Å². The smallest absolute Gasteiger partial charge is 0.258 e. The molecular formula is C13H19N3O2. The molecule has 1 N–H and O–H groups in total. The van der Waals surface area contributed by atoms with Crippen molar-refractivity contribution in [3.8, 4) is 17.7 Å². The fourth-order valence-electron chi connectivity index (χ4n) is 1.53. The Morgan fingerprint density at radius 3 is 2.83 bits per heavy atom. The number of rotatable bonds is 7. The molecule has 0 aliphatic carbocycles. The molecule has 0 amide bonds. The van der Waals surface area contributed by atoms with E-state index in [1.807, 2.05) is 13.8 Å². The van der Waals surface area contributed by atoms with Crippen LogP contribution in [-0.2, 0) is 0 Å². The third-order valence-electron chi connectivity index (χ3n) is 2.55. The Balaban J connectivity index is 2.85. The molecule has 0 saturated carbocycles. The van der Waals surface area contributed by atoms with E-state index in [2.05, 4.69) is 16.4 Å². The van der Waals surface area contributed by atoms with E-state index in [1.54, 1.807) is 12.3 Å². The van der Waals surface area contributed by atoms with E-state index < -0.39 is 0 Å². The molecule has 1 heterocycles. The number of hydrogen-bond acceptors (Lipinski definition) is 5. The first kappa shape index (κ1) is 14.3. The van der Waals surface area contributed by atoms with E-state index in [9.17, 15) is 0 Å². The minimum atomic E-state index is 0.0142. The number of ether oxygens (including phenoxy) is 2. The van der Waals surface area contributed by atoms with Gasteiger partial charge in [-0.15, -0.1) is 0 Å². The summed E-state index contributed by atoms with van der Waals surface area (Å²) in [6.45, 7) is 5.72. The van der Waals surface area contributed by atoms with Crippen molar-refractivity contribution in [1.29, 1.82) is 5.26 Å². The van der Waals surface area contributed by atoms with Crippen molar-refractivity contribution in [1.82, 2.24) is 10.3 Å². The zero-order valence-electron chi connectivity index (χ0n) is 11.1. The van der Waals surface area contributed by atoms with E-state index in [0.717, 1.165) is 19.5 Å². The molecule has 5 heteroatoms. The number of likely N-dealkylation sites (N-methyl/N-ethyl adjacent to an activating group) is 1. The quantitative estimate of drug-likeness (QED) is 0.797. The number of nitrogens with one attached hydrogen (secondary N) is 1. The van der Waals surface area contributed by atoms with Gasteiger partial charge in [-0.1, -0.05) is 13.8 Å². The van der Waals surface area contributed by atoms with Crippen LogP contribution < -0.4 is 14.8 Å². The van der Waals surface area contributed by atoms with Crippen LogP contribution in [0.1, 0.15) is 25.8 Å². The van der Waals surface area contributed by atoms with Gasteiger partial charge >= 0.3 is 0 Å². The predicted molar refractivity (Wildman–Crippen MR) is 68.8 cm³/mol. The Bertz CT molecular complexity index is 415. The van der Waals surface area contributed by atoms with Crippen molar-refractivity contribution in [3.05, 3.63) is 17.8 Å². The zero-order valence-corrected chi connectivity index (χ0v) is 11.1. The SMILES string of the molecule is CCNCC(CC)Oc1nccc(C#N)c1OC. The van der Waals surface area contributed by atoms with Gasteiger partial charge in [0.2, 0.25) is 0 Å². The number of aromatic nitrogens is 1. The number of pyridine rings is 1. The van der Waals surface area contributed by atoms with Gasteiger partial charge in [0.05, 0.1) is 7.11 Å².